The highest BCUT2D eigenvalue weighted by Crippen LogP contribution is 2.02. The maximum absolute atomic E-state index is 11.8. The van der Waals surface area contributed by atoms with Crippen LogP contribution in [0.25, 0.3) is 0 Å². The lowest BCUT2D eigenvalue weighted by atomic mass is 10.1. The maximum Gasteiger partial charge on any atom is 0.317 e. The highest BCUT2D eigenvalue weighted by atomic mass is 16.4. The van der Waals surface area contributed by atoms with E-state index in [-0.39, 0.29) is 18.4 Å². The van der Waals surface area contributed by atoms with Crippen molar-refractivity contribution in [1.29, 1.82) is 0 Å². The molecule has 1 aromatic rings. The molecule has 5 nitrogen and oxygen atoms in total. The molecule has 0 aliphatic carbocycles. The first-order chi connectivity index (χ1) is 9.49. The number of hydrogen-bond acceptors (Lipinski definition) is 2. The van der Waals surface area contributed by atoms with Crippen LogP contribution < -0.4 is 5.32 Å². The molecule has 0 spiro atoms. The summed E-state index contributed by atoms with van der Waals surface area (Å²) in [6.07, 6.45) is 0.865. The molecule has 2 amide bonds. The molecule has 0 aromatic heterocycles. The number of carboxylic acids is 1. The van der Waals surface area contributed by atoms with E-state index < -0.39 is 5.97 Å². The molecule has 0 radical (unpaired) electrons. The van der Waals surface area contributed by atoms with Crippen molar-refractivity contribution in [2.75, 3.05) is 20.1 Å². The van der Waals surface area contributed by atoms with Gasteiger partial charge in [0.2, 0.25) is 0 Å². The third-order valence-corrected chi connectivity index (χ3v) is 3.05. The highest BCUT2D eigenvalue weighted by Gasteiger charge is 2.12. The summed E-state index contributed by atoms with van der Waals surface area (Å²) in [5.41, 5.74) is 1.19. The molecule has 110 valence electrons. The predicted molar refractivity (Wildman–Crippen MR) is 77.6 cm³/mol. The Balaban J connectivity index is 2.27. The van der Waals surface area contributed by atoms with Crippen LogP contribution in [-0.2, 0) is 11.2 Å². The fourth-order valence-corrected chi connectivity index (χ4v) is 1.81. The fourth-order valence-electron chi connectivity index (χ4n) is 1.81. The van der Waals surface area contributed by atoms with Crippen molar-refractivity contribution in [3.8, 4) is 0 Å². The number of urea groups is 1. The average molecular weight is 278 g/mol. The zero-order chi connectivity index (χ0) is 15.0. The van der Waals surface area contributed by atoms with Gasteiger partial charge in [0.25, 0.3) is 0 Å². The Bertz CT molecular complexity index is 434. The van der Waals surface area contributed by atoms with Crippen molar-refractivity contribution in [1.82, 2.24) is 10.2 Å². The summed E-state index contributed by atoms with van der Waals surface area (Å²) in [5.74, 6) is -0.914. The van der Waals surface area contributed by atoms with Crippen LogP contribution in [0.15, 0.2) is 30.3 Å². The first-order valence-electron chi connectivity index (χ1n) is 6.73. The number of nitrogens with zero attached hydrogens (tertiary/aromatic N) is 1. The first-order valence-corrected chi connectivity index (χ1v) is 6.73. The molecule has 0 saturated carbocycles. The normalized spacial score (nSPS) is 11.7. The molecule has 0 fully saturated rings. The van der Waals surface area contributed by atoms with Gasteiger partial charge in [0.15, 0.2) is 0 Å². The minimum Gasteiger partial charge on any atom is -0.481 e. The van der Waals surface area contributed by atoms with Gasteiger partial charge in [-0.3, -0.25) is 4.79 Å². The van der Waals surface area contributed by atoms with E-state index in [1.165, 1.54) is 5.56 Å². The van der Waals surface area contributed by atoms with E-state index in [0.29, 0.717) is 13.1 Å². The minimum absolute atomic E-state index is 0.0635. The van der Waals surface area contributed by atoms with Crippen LogP contribution in [0.3, 0.4) is 0 Å². The number of carboxylic acid groups (broad SMARTS) is 1. The Labute approximate surface area is 119 Å². The van der Waals surface area contributed by atoms with Gasteiger partial charge < -0.3 is 15.3 Å². The molecule has 0 aliphatic heterocycles. The van der Waals surface area contributed by atoms with E-state index in [1.807, 2.05) is 30.3 Å². The smallest absolute Gasteiger partial charge is 0.317 e. The van der Waals surface area contributed by atoms with Crippen LogP contribution >= 0.6 is 0 Å². The summed E-state index contributed by atoms with van der Waals surface area (Å²) in [7, 11) is 1.74. The zero-order valence-corrected chi connectivity index (χ0v) is 12.0. The van der Waals surface area contributed by atoms with Crippen LogP contribution in [0.5, 0.6) is 0 Å². The number of amides is 2. The number of nitrogens with one attached hydrogen (secondary N) is 1. The van der Waals surface area contributed by atoms with Gasteiger partial charge in [0, 0.05) is 26.6 Å². The number of hydrogen-bond donors (Lipinski definition) is 2. The third kappa shape index (κ3) is 6.22. The van der Waals surface area contributed by atoms with Crippen LogP contribution in [0.1, 0.15) is 18.9 Å². The lowest BCUT2D eigenvalue weighted by Crippen LogP contribution is -2.40. The Kier molecular flexibility index (Phi) is 6.56. The maximum atomic E-state index is 11.8. The quantitative estimate of drug-likeness (QED) is 0.801. The molecule has 1 unspecified atom stereocenters. The van der Waals surface area contributed by atoms with Gasteiger partial charge in [-0.2, -0.15) is 0 Å². The van der Waals surface area contributed by atoms with Crippen molar-refractivity contribution in [3.05, 3.63) is 35.9 Å². The van der Waals surface area contributed by atoms with E-state index in [4.69, 9.17) is 5.11 Å². The molecule has 1 aromatic carbocycles. The fraction of sp³-hybridized carbons (Fsp3) is 0.467. The second-order valence-corrected chi connectivity index (χ2v) is 5.05. The molecule has 0 heterocycles. The van der Waals surface area contributed by atoms with Crippen molar-refractivity contribution < 1.29 is 14.7 Å². The summed E-state index contributed by atoms with van der Waals surface area (Å²) in [4.78, 5) is 24.0. The number of benzene rings is 1. The van der Waals surface area contributed by atoms with Gasteiger partial charge in [-0.1, -0.05) is 37.3 Å². The van der Waals surface area contributed by atoms with Crippen molar-refractivity contribution in [2.45, 2.75) is 19.8 Å². The SMILES string of the molecule is CC(CNC(=O)N(C)CCc1ccccc1)CC(=O)O. The summed E-state index contributed by atoms with van der Waals surface area (Å²) in [6.45, 7) is 2.81. The van der Waals surface area contributed by atoms with Crippen LogP contribution in [0, 0.1) is 5.92 Å². The van der Waals surface area contributed by atoms with E-state index >= 15 is 0 Å². The molecule has 5 heteroatoms. The van der Waals surface area contributed by atoms with Crippen molar-refractivity contribution in [3.63, 3.8) is 0 Å². The van der Waals surface area contributed by atoms with Crippen molar-refractivity contribution >= 4 is 12.0 Å². The summed E-state index contributed by atoms with van der Waals surface area (Å²) in [5, 5.41) is 11.4. The van der Waals surface area contributed by atoms with Gasteiger partial charge in [0.05, 0.1) is 0 Å². The monoisotopic (exact) mass is 278 g/mol. The summed E-state index contributed by atoms with van der Waals surface area (Å²) < 4.78 is 0. The van der Waals surface area contributed by atoms with Crippen molar-refractivity contribution in [2.24, 2.45) is 5.92 Å². The number of carbonyl (C=O) groups excluding carboxylic acids is 1. The van der Waals surface area contributed by atoms with E-state index in [2.05, 4.69) is 5.32 Å². The summed E-state index contributed by atoms with van der Waals surface area (Å²) >= 11 is 0. The Hall–Kier alpha value is -2.04. The first kappa shape index (κ1) is 16.0. The lowest BCUT2D eigenvalue weighted by molar-refractivity contribution is -0.137. The number of aliphatic carboxylic acids is 1. The largest absolute Gasteiger partial charge is 0.481 e. The second-order valence-electron chi connectivity index (χ2n) is 5.05. The zero-order valence-electron chi connectivity index (χ0n) is 12.0. The van der Waals surface area contributed by atoms with Gasteiger partial charge in [0.1, 0.15) is 0 Å². The minimum atomic E-state index is -0.843. The highest BCUT2D eigenvalue weighted by molar-refractivity contribution is 5.74. The second kappa shape index (κ2) is 8.19. The van der Waals surface area contributed by atoms with E-state index in [0.717, 1.165) is 6.42 Å². The van der Waals surface area contributed by atoms with Crippen LogP contribution in [-0.4, -0.2) is 42.1 Å². The van der Waals surface area contributed by atoms with Crippen LogP contribution in [0.4, 0.5) is 4.79 Å². The molecule has 0 bridgehead atoms. The molecule has 1 rings (SSSR count). The standard InChI is InChI=1S/C15H22N2O3/c1-12(10-14(18)19)11-16-15(20)17(2)9-8-13-6-4-3-5-7-13/h3-7,12H,8-11H2,1-2H3,(H,16,20)(H,18,19). The van der Waals surface area contributed by atoms with E-state index in [9.17, 15) is 9.59 Å². The topological polar surface area (TPSA) is 69.6 Å². The Morgan fingerprint density at radius 1 is 1.30 bits per heavy atom. The van der Waals surface area contributed by atoms with E-state index in [1.54, 1.807) is 18.9 Å². The van der Waals surface area contributed by atoms with Gasteiger partial charge in [-0.05, 0) is 17.9 Å². The Morgan fingerprint density at radius 2 is 1.95 bits per heavy atom. The molecular weight excluding hydrogens is 256 g/mol. The Morgan fingerprint density at radius 3 is 2.55 bits per heavy atom. The molecule has 0 aliphatic rings. The number of rotatable bonds is 7. The predicted octanol–water partition coefficient (Wildman–Crippen LogP) is 1.98. The lowest BCUT2D eigenvalue weighted by Gasteiger charge is -2.19. The van der Waals surface area contributed by atoms with Gasteiger partial charge in [-0.25, -0.2) is 4.79 Å². The molecule has 2 N–H and O–H groups in total. The number of carbonyl (C=O) groups is 2. The third-order valence-electron chi connectivity index (χ3n) is 3.05. The average Bonchev–Trinajstić information content (AvgIpc) is 2.42. The summed E-state index contributed by atoms with van der Waals surface area (Å²) in [6, 6.07) is 9.80. The van der Waals surface area contributed by atoms with Gasteiger partial charge >= 0.3 is 12.0 Å². The molecule has 0 saturated heterocycles. The number of likely N-dealkylation sites (N-methyl/N-ethyl adjacent to an activating group) is 1. The van der Waals surface area contributed by atoms with Gasteiger partial charge in [-0.15, -0.1) is 0 Å². The van der Waals surface area contributed by atoms with Crippen LogP contribution in [0.2, 0.25) is 0 Å². The molecule has 20 heavy (non-hydrogen) atoms. The molecule has 1 atom stereocenters. The molecular formula is C15H22N2O3.